The van der Waals surface area contributed by atoms with Crippen molar-refractivity contribution in [2.45, 2.75) is 5.92 Å². The predicted octanol–water partition coefficient (Wildman–Crippen LogP) is -0.0358. The topological polar surface area (TPSA) is 110 Å². The molecule has 0 spiro atoms. The highest BCUT2D eigenvalue weighted by Gasteiger charge is 2.37. The smallest absolute Gasteiger partial charge is 0.372 e. The molecule has 20 heavy (non-hydrogen) atoms. The van der Waals surface area contributed by atoms with E-state index in [9.17, 15) is 14.0 Å². The number of rotatable bonds is 3. The first-order valence-corrected chi connectivity index (χ1v) is 5.65. The number of hydrogen-bond acceptors (Lipinski definition) is 6. The van der Waals surface area contributed by atoms with Crippen molar-refractivity contribution in [3.8, 4) is 5.82 Å². The maximum absolute atomic E-state index is 13.9. The number of nitrogens with zero attached hydrogens (tertiary/aromatic N) is 4. The van der Waals surface area contributed by atoms with Crippen LogP contribution in [0.1, 0.15) is 11.5 Å². The van der Waals surface area contributed by atoms with Crippen LogP contribution in [0.2, 0.25) is 0 Å². The first-order chi connectivity index (χ1) is 9.59. The van der Waals surface area contributed by atoms with E-state index < -0.39 is 23.5 Å². The minimum absolute atomic E-state index is 0.00194. The molecular formula is C11H8FN5O3. The molecule has 2 aromatic rings. The molecule has 0 fully saturated rings. The third-order valence-corrected chi connectivity index (χ3v) is 3.05. The van der Waals surface area contributed by atoms with Crippen molar-refractivity contribution in [3.63, 3.8) is 0 Å². The maximum Gasteiger partial charge on any atom is 0.372 e. The van der Waals surface area contributed by atoms with E-state index in [-0.39, 0.29) is 23.6 Å². The van der Waals surface area contributed by atoms with Crippen LogP contribution in [0.5, 0.6) is 0 Å². The molecule has 0 saturated carbocycles. The summed E-state index contributed by atoms with van der Waals surface area (Å²) < 4.78 is 15.2. The van der Waals surface area contributed by atoms with E-state index in [0.717, 1.165) is 6.20 Å². The Labute approximate surface area is 111 Å². The molecule has 1 aliphatic heterocycles. The number of aromatic nitrogens is 4. The summed E-state index contributed by atoms with van der Waals surface area (Å²) in [6.07, 6.45) is 3.87. The zero-order chi connectivity index (χ0) is 14.3. The van der Waals surface area contributed by atoms with Gasteiger partial charge < -0.3 is 10.4 Å². The number of hydrogen-bond donors (Lipinski definition) is 2. The second kappa shape index (κ2) is 4.37. The van der Waals surface area contributed by atoms with Crippen molar-refractivity contribution < 1.29 is 19.1 Å². The fourth-order valence-corrected chi connectivity index (χ4v) is 2.18. The van der Waals surface area contributed by atoms with Crippen LogP contribution in [0.3, 0.4) is 0 Å². The number of aliphatic carboxylic acids is 1. The molecule has 0 aromatic carbocycles. The Balaban J connectivity index is 2.14. The number of carboxylic acids is 1. The molecule has 0 aliphatic carbocycles. The van der Waals surface area contributed by atoms with Gasteiger partial charge in [-0.05, 0) is 0 Å². The second-order valence-electron chi connectivity index (χ2n) is 4.17. The molecule has 8 nitrogen and oxygen atoms in total. The summed E-state index contributed by atoms with van der Waals surface area (Å²) in [7, 11) is 0. The monoisotopic (exact) mass is 277 g/mol. The van der Waals surface area contributed by atoms with Gasteiger partial charge in [-0.2, -0.15) is 0 Å². The quantitative estimate of drug-likeness (QED) is 0.757. The van der Waals surface area contributed by atoms with Crippen LogP contribution in [0.25, 0.3) is 5.82 Å². The fraction of sp³-hybridized carbons (Fsp3) is 0.182. The number of nitrogens with one attached hydrogen (secondary N) is 1. The van der Waals surface area contributed by atoms with Gasteiger partial charge >= 0.3 is 5.97 Å². The van der Waals surface area contributed by atoms with E-state index in [4.69, 9.17) is 5.11 Å². The summed E-state index contributed by atoms with van der Waals surface area (Å²) in [5, 5.41) is 18.9. The Bertz CT molecular complexity index is 700. The number of carboxylic acid groups (broad SMARTS) is 1. The van der Waals surface area contributed by atoms with Crippen molar-refractivity contribution in [2.75, 3.05) is 11.9 Å². The molecule has 1 atom stereocenters. The van der Waals surface area contributed by atoms with Crippen molar-refractivity contribution in [1.29, 1.82) is 0 Å². The first-order valence-electron chi connectivity index (χ1n) is 5.65. The predicted molar refractivity (Wildman–Crippen MR) is 63.0 cm³/mol. The molecule has 0 saturated heterocycles. The fourth-order valence-electron chi connectivity index (χ4n) is 2.18. The molecule has 3 rings (SSSR count). The van der Waals surface area contributed by atoms with E-state index >= 15 is 0 Å². The average molecular weight is 277 g/mol. The number of halogens is 1. The standard InChI is InChI=1S/C11H8FN5O3/c12-6-4-14-10(17-2-1-15-16-17)8-7(6)5(3-13-8)9(18)11(19)20/h1-2,4-5,13H,3H2,(H,19,20). The highest BCUT2D eigenvalue weighted by molar-refractivity contribution is 6.35. The molecule has 1 unspecified atom stereocenters. The van der Waals surface area contributed by atoms with Gasteiger partial charge in [-0.25, -0.2) is 18.9 Å². The van der Waals surface area contributed by atoms with Gasteiger partial charge in [-0.15, -0.1) is 5.10 Å². The number of carbonyl (C=O) groups excluding carboxylic acids is 1. The maximum atomic E-state index is 13.9. The molecular weight excluding hydrogens is 269 g/mol. The number of ketones is 1. The Kier molecular flexibility index (Phi) is 2.67. The van der Waals surface area contributed by atoms with E-state index in [1.54, 1.807) is 0 Å². The largest absolute Gasteiger partial charge is 0.475 e. The lowest BCUT2D eigenvalue weighted by Gasteiger charge is -2.09. The van der Waals surface area contributed by atoms with Gasteiger partial charge in [-0.1, -0.05) is 5.21 Å². The van der Waals surface area contributed by atoms with E-state index in [0.29, 0.717) is 0 Å². The van der Waals surface area contributed by atoms with Crippen LogP contribution >= 0.6 is 0 Å². The molecule has 2 aromatic heterocycles. The Morgan fingerprint density at radius 1 is 1.50 bits per heavy atom. The Morgan fingerprint density at radius 2 is 2.30 bits per heavy atom. The summed E-state index contributed by atoms with van der Waals surface area (Å²) >= 11 is 0. The van der Waals surface area contributed by atoms with Gasteiger partial charge in [0, 0.05) is 12.1 Å². The van der Waals surface area contributed by atoms with Gasteiger partial charge in [0.1, 0.15) is 5.82 Å². The third kappa shape index (κ3) is 1.71. The Morgan fingerprint density at radius 3 is 2.95 bits per heavy atom. The normalized spacial score (nSPS) is 16.6. The zero-order valence-corrected chi connectivity index (χ0v) is 9.95. The van der Waals surface area contributed by atoms with E-state index in [1.807, 2.05) is 0 Å². The SMILES string of the molecule is O=C(O)C(=O)C1CNc2c(-n3ccnn3)ncc(F)c21. The summed E-state index contributed by atoms with van der Waals surface area (Å²) in [6, 6.07) is 0. The average Bonchev–Trinajstić information content (AvgIpc) is 3.07. The molecule has 0 bridgehead atoms. The van der Waals surface area contributed by atoms with Crippen molar-refractivity contribution in [2.24, 2.45) is 0 Å². The molecule has 2 N–H and O–H groups in total. The molecule has 102 valence electrons. The summed E-state index contributed by atoms with van der Waals surface area (Å²) in [5.74, 6) is -4.20. The molecule has 0 amide bonds. The van der Waals surface area contributed by atoms with Crippen LogP contribution in [-0.4, -0.2) is 43.4 Å². The van der Waals surface area contributed by atoms with E-state index in [1.165, 1.54) is 17.1 Å². The lowest BCUT2D eigenvalue weighted by atomic mass is 9.97. The van der Waals surface area contributed by atoms with Crippen LogP contribution < -0.4 is 5.32 Å². The lowest BCUT2D eigenvalue weighted by molar-refractivity contribution is -0.149. The minimum Gasteiger partial charge on any atom is -0.475 e. The first kappa shape index (κ1) is 12.2. The molecule has 9 heteroatoms. The molecule has 0 radical (unpaired) electrons. The van der Waals surface area contributed by atoms with Gasteiger partial charge in [0.25, 0.3) is 0 Å². The number of carbonyl (C=O) groups is 2. The molecule has 3 heterocycles. The van der Waals surface area contributed by atoms with Gasteiger partial charge in [0.15, 0.2) is 5.82 Å². The van der Waals surface area contributed by atoms with Crippen LogP contribution in [0.4, 0.5) is 10.1 Å². The highest BCUT2D eigenvalue weighted by atomic mass is 19.1. The Hall–Kier alpha value is -2.84. The van der Waals surface area contributed by atoms with Crippen LogP contribution in [-0.2, 0) is 9.59 Å². The third-order valence-electron chi connectivity index (χ3n) is 3.05. The van der Waals surface area contributed by atoms with Crippen LogP contribution in [0.15, 0.2) is 18.6 Å². The van der Waals surface area contributed by atoms with Crippen molar-refractivity contribution in [1.82, 2.24) is 20.0 Å². The number of fused-ring (bicyclic) bond motifs is 1. The van der Waals surface area contributed by atoms with Gasteiger partial charge in [-0.3, -0.25) is 4.79 Å². The molecule has 1 aliphatic rings. The minimum atomic E-state index is -1.59. The number of pyridine rings is 1. The summed E-state index contributed by atoms with van der Waals surface area (Å²) in [5.41, 5.74) is 0.257. The van der Waals surface area contributed by atoms with Gasteiger partial charge in [0.2, 0.25) is 5.78 Å². The highest BCUT2D eigenvalue weighted by Crippen LogP contribution is 2.37. The van der Waals surface area contributed by atoms with Crippen molar-refractivity contribution >= 4 is 17.4 Å². The van der Waals surface area contributed by atoms with E-state index in [2.05, 4.69) is 20.6 Å². The summed E-state index contributed by atoms with van der Waals surface area (Å²) in [4.78, 5) is 26.3. The van der Waals surface area contributed by atoms with Crippen molar-refractivity contribution in [3.05, 3.63) is 30.0 Å². The second-order valence-corrected chi connectivity index (χ2v) is 4.17. The number of anilines is 1. The number of Topliss-reactive ketones (excluding diaryl/α,β-unsaturated/α-hetero) is 1. The zero-order valence-electron chi connectivity index (χ0n) is 9.95. The van der Waals surface area contributed by atoms with Gasteiger partial charge in [0.05, 0.1) is 30.2 Å². The lowest BCUT2D eigenvalue weighted by Crippen LogP contribution is -2.23. The van der Waals surface area contributed by atoms with Crippen LogP contribution in [0, 0.1) is 5.82 Å². The summed E-state index contributed by atoms with van der Waals surface area (Å²) in [6.45, 7) is 0.00474.